The molecule has 0 unspecified atom stereocenters. The van der Waals surface area contributed by atoms with E-state index in [4.69, 9.17) is 0 Å². The minimum absolute atomic E-state index is 0.101. The van der Waals surface area contributed by atoms with Crippen molar-refractivity contribution < 1.29 is 8.78 Å². The summed E-state index contributed by atoms with van der Waals surface area (Å²) in [5.74, 6) is 0.772. The first kappa shape index (κ1) is 14.4. The van der Waals surface area contributed by atoms with Gasteiger partial charge in [-0.1, -0.05) is 43.5 Å². The first-order valence-electron chi connectivity index (χ1n) is 7.27. The highest BCUT2D eigenvalue weighted by Crippen LogP contribution is 2.26. The van der Waals surface area contributed by atoms with E-state index in [0.29, 0.717) is 6.04 Å². The highest BCUT2D eigenvalue weighted by Gasteiger charge is 2.19. The highest BCUT2D eigenvalue weighted by molar-refractivity contribution is 5.23. The second kappa shape index (κ2) is 6.99. The van der Waals surface area contributed by atoms with Crippen LogP contribution in [0.3, 0.4) is 0 Å². The molecule has 3 heteroatoms. The molecular weight excluding hydrogens is 244 g/mol. The molecule has 0 spiro atoms. The third-order valence-electron chi connectivity index (χ3n) is 4.22. The predicted molar refractivity (Wildman–Crippen MR) is 74.3 cm³/mol. The van der Waals surface area contributed by atoms with Crippen molar-refractivity contribution in [3.63, 3.8) is 0 Å². The van der Waals surface area contributed by atoms with Gasteiger partial charge in [-0.25, -0.2) is 8.78 Å². The van der Waals surface area contributed by atoms with E-state index >= 15 is 0 Å². The predicted octanol–water partition coefficient (Wildman–Crippen LogP) is 4.68. The number of hydrogen-bond acceptors (Lipinski definition) is 1. The first-order chi connectivity index (χ1) is 9.16. The van der Waals surface area contributed by atoms with Crippen LogP contribution in [0.2, 0.25) is 0 Å². The largest absolute Gasteiger partial charge is 0.310 e. The van der Waals surface area contributed by atoms with Crippen LogP contribution in [-0.2, 0) is 6.54 Å². The van der Waals surface area contributed by atoms with Crippen molar-refractivity contribution >= 4 is 0 Å². The summed E-state index contributed by atoms with van der Waals surface area (Å²) < 4.78 is 24.9. The fourth-order valence-corrected chi connectivity index (χ4v) is 2.86. The maximum atomic E-state index is 12.4. The Bertz CT molecular complexity index is 369. The summed E-state index contributed by atoms with van der Waals surface area (Å²) in [5, 5.41) is 3.53. The van der Waals surface area contributed by atoms with E-state index in [1.807, 2.05) is 0 Å². The third-order valence-corrected chi connectivity index (χ3v) is 4.22. The maximum Gasteiger partial charge on any atom is 0.263 e. The lowest BCUT2D eigenvalue weighted by Gasteiger charge is -2.28. The number of alkyl halides is 2. The van der Waals surface area contributed by atoms with Gasteiger partial charge < -0.3 is 5.32 Å². The van der Waals surface area contributed by atoms with Crippen LogP contribution in [0.4, 0.5) is 8.78 Å². The Labute approximate surface area is 114 Å². The Hall–Kier alpha value is -0.960. The van der Waals surface area contributed by atoms with Crippen LogP contribution in [0.5, 0.6) is 0 Å². The van der Waals surface area contributed by atoms with Crippen molar-refractivity contribution in [2.24, 2.45) is 5.92 Å². The molecule has 1 aliphatic rings. The normalized spacial score (nSPS) is 18.7. The van der Waals surface area contributed by atoms with Gasteiger partial charge in [0.15, 0.2) is 0 Å². The summed E-state index contributed by atoms with van der Waals surface area (Å²) in [6.07, 6.45) is 4.33. The van der Waals surface area contributed by atoms with Gasteiger partial charge in [0.05, 0.1) is 0 Å². The van der Waals surface area contributed by atoms with Crippen LogP contribution in [-0.4, -0.2) is 6.04 Å². The Morgan fingerprint density at radius 1 is 1.11 bits per heavy atom. The molecule has 1 N–H and O–H groups in total. The van der Waals surface area contributed by atoms with Gasteiger partial charge in [0, 0.05) is 18.2 Å². The summed E-state index contributed by atoms with van der Waals surface area (Å²) >= 11 is 0. The lowest BCUT2D eigenvalue weighted by Crippen LogP contribution is -2.34. The lowest BCUT2D eigenvalue weighted by molar-refractivity contribution is 0.151. The van der Waals surface area contributed by atoms with E-state index in [0.717, 1.165) is 18.0 Å². The average Bonchev–Trinajstić information content (AvgIpc) is 2.46. The number of halogens is 2. The van der Waals surface area contributed by atoms with Gasteiger partial charge in [0.1, 0.15) is 0 Å². The van der Waals surface area contributed by atoms with E-state index < -0.39 is 6.43 Å². The zero-order valence-electron chi connectivity index (χ0n) is 11.5. The molecule has 1 saturated carbocycles. The summed E-state index contributed by atoms with van der Waals surface area (Å²) in [7, 11) is 0. The first-order valence-corrected chi connectivity index (χ1v) is 7.27. The van der Waals surface area contributed by atoms with Gasteiger partial charge in [0.25, 0.3) is 6.43 Å². The summed E-state index contributed by atoms with van der Waals surface area (Å²) in [4.78, 5) is 0. The van der Waals surface area contributed by atoms with Crippen molar-refractivity contribution in [3.05, 3.63) is 35.4 Å². The fraction of sp³-hybridized carbons (Fsp3) is 0.625. The highest BCUT2D eigenvalue weighted by atomic mass is 19.3. The van der Waals surface area contributed by atoms with Crippen molar-refractivity contribution in [1.82, 2.24) is 5.32 Å². The Morgan fingerprint density at radius 2 is 1.74 bits per heavy atom. The van der Waals surface area contributed by atoms with Crippen molar-refractivity contribution in [3.8, 4) is 0 Å². The second-order valence-electron chi connectivity index (χ2n) is 5.61. The smallest absolute Gasteiger partial charge is 0.263 e. The second-order valence-corrected chi connectivity index (χ2v) is 5.61. The zero-order chi connectivity index (χ0) is 13.7. The molecule has 1 aromatic rings. The van der Waals surface area contributed by atoms with Gasteiger partial charge in [-0.2, -0.15) is 0 Å². The summed E-state index contributed by atoms with van der Waals surface area (Å²) in [5.41, 5.74) is 1.18. The van der Waals surface area contributed by atoms with E-state index in [1.54, 1.807) is 12.1 Å². The monoisotopic (exact) mass is 267 g/mol. The average molecular weight is 267 g/mol. The van der Waals surface area contributed by atoms with Gasteiger partial charge >= 0.3 is 0 Å². The number of rotatable bonds is 5. The fourth-order valence-electron chi connectivity index (χ4n) is 2.86. The summed E-state index contributed by atoms with van der Waals surface area (Å²) in [6, 6.07) is 7.14. The minimum atomic E-state index is -2.37. The van der Waals surface area contributed by atoms with Crippen molar-refractivity contribution in [2.75, 3.05) is 0 Å². The van der Waals surface area contributed by atoms with Crippen molar-refractivity contribution in [2.45, 2.75) is 58.0 Å². The molecule has 1 fully saturated rings. The standard InChI is InChI=1S/C16H23F2N/c1-12(14-5-3-2-4-6-14)19-11-13-7-9-15(10-8-13)16(17)18/h7-10,12,14,16,19H,2-6,11H2,1H3/t12-/m0/s1. The molecule has 0 heterocycles. The maximum absolute atomic E-state index is 12.4. The quantitative estimate of drug-likeness (QED) is 0.816. The van der Waals surface area contributed by atoms with Crippen LogP contribution < -0.4 is 5.32 Å². The van der Waals surface area contributed by atoms with Gasteiger partial charge in [-0.3, -0.25) is 0 Å². The number of nitrogens with one attached hydrogen (secondary N) is 1. The number of benzene rings is 1. The van der Waals surface area contributed by atoms with E-state index in [-0.39, 0.29) is 5.56 Å². The van der Waals surface area contributed by atoms with Crippen molar-refractivity contribution in [1.29, 1.82) is 0 Å². The Morgan fingerprint density at radius 3 is 2.32 bits per heavy atom. The lowest BCUT2D eigenvalue weighted by atomic mass is 9.84. The third kappa shape index (κ3) is 4.27. The van der Waals surface area contributed by atoms with E-state index in [9.17, 15) is 8.78 Å². The van der Waals surface area contributed by atoms with Crippen LogP contribution in [0.25, 0.3) is 0 Å². The Balaban J connectivity index is 1.80. The molecule has 0 bridgehead atoms. The van der Waals surface area contributed by atoms with Crippen LogP contribution in [0.15, 0.2) is 24.3 Å². The van der Waals surface area contributed by atoms with Crippen LogP contribution in [0.1, 0.15) is 56.6 Å². The molecule has 106 valence electrons. The molecule has 0 aromatic heterocycles. The molecular formula is C16H23F2N. The van der Waals surface area contributed by atoms with Gasteiger partial charge in [-0.05, 0) is 31.2 Å². The van der Waals surface area contributed by atoms with E-state index in [2.05, 4.69) is 12.2 Å². The van der Waals surface area contributed by atoms with Gasteiger partial charge in [0.2, 0.25) is 0 Å². The number of hydrogen-bond donors (Lipinski definition) is 1. The minimum Gasteiger partial charge on any atom is -0.310 e. The SMILES string of the molecule is C[C@H](NCc1ccc(C(F)F)cc1)C1CCCCC1. The molecule has 0 saturated heterocycles. The molecule has 1 nitrogen and oxygen atoms in total. The van der Waals surface area contributed by atoms with Crippen LogP contribution in [0, 0.1) is 5.92 Å². The molecule has 1 atom stereocenters. The molecule has 1 aromatic carbocycles. The molecule has 2 rings (SSSR count). The topological polar surface area (TPSA) is 12.0 Å². The molecule has 0 amide bonds. The zero-order valence-corrected chi connectivity index (χ0v) is 11.5. The van der Waals surface area contributed by atoms with E-state index in [1.165, 1.54) is 44.2 Å². The summed E-state index contributed by atoms with van der Waals surface area (Å²) in [6.45, 7) is 3.00. The molecule has 0 radical (unpaired) electrons. The molecule has 19 heavy (non-hydrogen) atoms. The molecule has 1 aliphatic carbocycles. The molecule has 0 aliphatic heterocycles. The van der Waals surface area contributed by atoms with Crippen LogP contribution >= 0.6 is 0 Å². The van der Waals surface area contributed by atoms with Gasteiger partial charge in [-0.15, -0.1) is 0 Å². The Kier molecular flexibility index (Phi) is 5.32.